The van der Waals surface area contributed by atoms with E-state index in [1.165, 1.54) is 0 Å². The molecule has 0 radical (unpaired) electrons. The second kappa shape index (κ2) is 5.51. The van der Waals surface area contributed by atoms with E-state index in [9.17, 15) is 4.79 Å². The Morgan fingerprint density at radius 3 is 2.82 bits per heavy atom. The highest BCUT2D eigenvalue weighted by atomic mass is 16.2. The number of carbonyl (C=O) groups is 1. The lowest BCUT2D eigenvalue weighted by atomic mass is 10.2. The summed E-state index contributed by atoms with van der Waals surface area (Å²) in [5.74, 6) is 0.179. The van der Waals surface area contributed by atoms with Gasteiger partial charge in [-0.15, -0.1) is 5.10 Å². The summed E-state index contributed by atoms with van der Waals surface area (Å²) in [6, 6.07) is 7.23. The zero-order chi connectivity index (χ0) is 15.7. The minimum Gasteiger partial charge on any atom is -0.341 e. The summed E-state index contributed by atoms with van der Waals surface area (Å²) in [5, 5.41) is 7.05. The molecule has 7 heteroatoms. The molecule has 1 amide bonds. The van der Waals surface area contributed by atoms with Crippen molar-refractivity contribution in [3.63, 3.8) is 0 Å². The molecule has 0 aromatic carbocycles. The van der Waals surface area contributed by atoms with Crippen molar-refractivity contribution in [3.05, 3.63) is 53.4 Å². The molecule has 1 N–H and O–H groups in total. The van der Waals surface area contributed by atoms with Crippen molar-refractivity contribution in [1.82, 2.24) is 29.9 Å². The Morgan fingerprint density at radius 2 is 2.09 bits per heavy atom. The van der Waals surface area contributed by atoms with Crippen molar-refractivity contribution < 1.29 is 4.79 Å². The van der Waals surface area contributed by atoms with E-state index in [0.29, 0.717) is 5.78 Å². The van der Waals surface area contributed by atoms with Gasteiger partial charge in [-0.1, -0.05) is 6.07 Å². The van der Waals surface area contributed by atoms with Crippen LogP contribution in [0.4, 0.5) is 0 Å². The molecule has 3 heterocycles. The van der Waals surface area contributed by atoms with Crippen LogP contribution >= 0.6 is 0 Å². The number of carbonyl (C=O) groups excluding carboxylic acids is 1. The number of nitrogens with zero attached hydrogens (tertiary/aromatic N) is 5. The van der Waals surface area contributed by atoms with E-state index in [2.05, 4.69) is 25.4 Å². The Labute approximate surface area is 127 Å². The van der Waals surface area contributed by atoms with Gasteiger partial charge in [-0.25, -0.2) is 9.50 Å². The third-order valence-corrected chi connectivity index (χ3v) is 3.30. The molecule has 7 nitrogen and oxygen atoms in total. The lowest BCUT2D eigenvalue weighted by molar-refractivity contribution is 0.0929. The first-order valence-corrected chi connectivity index (χ1v) is 6.97. The molecule has 0 unspecified atom stereocenters. The largest absolute Gasteiger partial charge is 0.341 e. The average Bonchev–Trinajstić information content (AvgIpc) is 2.92. The minimum atomic E-state index is -0.347. The van der Waals surface area contributed by atoms with Crippen LogP contribution in [0.1, 0.15) is 40.7 Å². The summed E-state index contributed by atoms with van der Waals surface area (Å²) >= 11 is 0. The molecule has 0 saturated heterocycles. The monoisotopic (exact) mass is 296 g/mol. The molecular formula is C15H16N6O. The molecule has 0 bridgehead atoms. The quantitative estimate of drug-likeness (QED) is 0.794. The number of nitrogens with one attached hydrogen (secondary N) is 1. The second-order valence-electron chi connectivity index (χ2n) is 5.14. The molecule has 0 fully saturated rings. The third-order valence-electron chi connectivity index (χ3n) is 3.30. The van der Waals surface area contributed by atoms with Gasteiger partial charge in [0.25, 0.3) is 11.7 Å². The van der Waals surface area contributed by atoms with Crippen LogP contribution in [0.25, 0.3) is 5.78 Å². The molecule has 1 atom stereocenters. The van der Waals surface area contributed by atoms with E-state index in [4.69, 9.17) is 0 Å². The number of amides is 1. The van der Waals surface area contributed by atoms with Crippen molar-refractivity contribution in [2.45, 2.75) is 26.8 Å². The summed E-state index contributed by atoms with van der Waals surface area (Å²) < 4.78 is 1.56. The third kappa shape index (κ3) is 2.65. The molecule has 0 spiro atoms. The maximum absolute atomic E-state index is 12.3. The predicted octanol–water partition coefficient (Wildman–Crippen LogP) is 1.63. The molecule has 3 aromatic heterocycles. The zero-order valence-electron chi connectivity index (χ0n) is 12.6. The fourth-order valence-corrected chi connectivity index (χ4v) is 2.23. The van der Waals surface area contributed by atoms with E-state index in [1.807, 2.05) is 45.0 Å². The Kier molecular flexibility index (Phi) is 3.54. The summed E-state index contributed by atoms with van der Waals surface area (Å²) in [5.41, 5.74) is 2.50. The van der Waals surface area contributed by atoms with Crippen molar-refractivity contribution >= 4 is 11.7 Å². The van der Waals surface area contributed by atoms with E-state index in [-0.39, 0.29) is 17.8 Å². The fourth-order valence-electron chi connectivity index (χ4n) is 2.23. The van der Waals surface area contributed by atoms with Crippen LogP contribution in [0.15, 0.2) is 30.5 Å². The van der Waals surface area contributed by atoms with Gasteiger partial charge in [0.05, 0.1) is 11.7 Å². The van der Waals surface area contributed by atoms with Gasteiger partial charge < -0.3 is 5.32 Å². The lowest BCUT2D eigenvalue weighted by Gasteiger charge is -2.11. The summed E-state index contributed by atoms with van der Waals surface area (Å²) in [6.07, 6.45) is 1.69. The Balaban J connectivity index is 1.85. The highest BCUT2D eigenvalue weighted by molar-refractivity contribution is 5.91. The van der Waals surface area contributed by atoms with Gasteiger partial charge in [0.15, 0.2) is 0 Å². The molecule has 3 rings (SSSR count). The first-order valence-electron chi connectivity index (χ1n) is 6.97. The molecule has 0 aliphatic heterocycles. The van der Waals surface area contributed by atoms with Crippen molar-refractivity contribution in [2.75, 3.05) is 0 Å². The van der Waals surface area contributed by atoms with Crippen LogP contribution in [0.3, 0.4) is 0 Å². The van der Waals surface area contributed by atoms with Crippen LogP contribution in [-0.2, 0) is 0 Å². The Bertz CT molecular complexity index is 827. The molecule has 0 aliphatic rings. The van der Waals surface area contributed by atoms with Crippen molar-refractivity contribution in [3.8, 4) is 0 Å². The number of hydrogen-bond donors (Lipinski definition) is 1. The van der Waals surface area contributed by atoms with Gasteiger partial charge in [0.1, 0.15) is 0 Å². The molecule has 0 saturated carbocycles. The first kappa shape index (κ1) is 14.1. The Morgan fingerprint density at radius 1 is 1.27 bits per heavy atom. The SMILES string of the molecule is Cc1cc(C)n2nc(C(=O)N[C@@H](C)c3ccccn3)nc2n1. The number of fused-ring (bicyclic) bond motifs is 1. The number of rotatable bonds is 3. The first-order chi connectivity index (χ1) is 10.5. The van der Waals surface area contributed by atoms with Gasteiger partial charge in [-0.3, -0.25) is 9.78 Å². The zero-order valence-corrected chi connectivity index (χ0v) is 12.6. The van der Waals surface area contributed by atoms with Crippen LogP contribution in [0.2, 0.25) is 0 Å². The molecule has 3 aromatic rings. The number of hydrogen-bond acceptors (Lipinski definition) is 5. The van der Waals surface area contributed by atoms with E-state index >= 15 is 0 Å². The molecule has 22 heavy (non-hydrogen) atoms. The van der Waals surface area contributed by atoms with Gasteiger partial charge in [-0.05, 0) is 39.0 Å². The van der Waals surface area contributed by atoms with E-state index in [0.717, 1.165) is 17.1 Å². The standard InChI is InChI=1S/C15H16N6O/c1-9-8-10(2)21-15(17-9)19-13(20-21)14(22)18-11(3)12-6-4-5-7-16-12/h4-8,11H,1-3H3,(H,18,22)/t11-/m0/s1. The summed E-state index contributed by atoms with van der Waals surface area (Å²) in [6.45, 7) is 5.64. The van der Waals surface area contributed by atoms with E-state index < -0.39 is 0 Å². The van der Waals surface area contributed by atoms with Gasteiger partial charge in [0.2, 0.25) is 5.82 Å². The Hall–Kier alpha value is -2.83. The number of aryl methyl sites for hydroxylation is 2. The molecule has 112 valence electrons. The van der Waals surface area contributed by atoms with E-state index in [1.54, 1.807) is 10.7 Å². The second-order valence-corrected chi connectivity index (χ2v) is 5.14. The summed E-state index contributed by atoms with van der Waals surface area (Å²) in [4.78, 5) is 25.0. The molecule has 0 aliphatic carbocycles. The van der Waals surface area contributed by atoms with Crippen molar-refractivity contribution in [1.29, 1.82) is 0 Å². The van der Waals surface area contributed by atoms with Gasteiger partial charge in [0, 0.05) is 17.6 Å². The topological polar surface area (TPSA) is 85.1 Å². The highest BCUT2D eigenvalue weighted by Crippen LogP contribution is 2.10. The predicted molar refractivity (Wildman–Crippen MR) is 80.4 cm³/mol. The average molecular weight is 296 g/mol. The summed E-state index contributed by atoms with van der Waals surface area (Å²) in [7, 11) is 0. The van der Waals surface area contributed by atoms with Crippen LogP contribution in [-0.4, -0.2) is 30.5 Å². The van der Waals surface area contributed by atoms with Gasteiger partial charge in [-0.2, -0.15) is 4.98 Å². The lowest BCUT2D eigenvalue weighted by Crippen LogP contribution is -2.28. The highest BCUT2D eigenvalue weighted by Gasteiger charge is 2.18. The smallest absolute Gasteiger partial charge is 0.291 e. The maximum atomic E-state index is 12.3. The number of pyridine rings is 1. The fraction of sp³-hybridized carbons (Fsp3) is 0.267. The van der Waals surface area contributed by atoms with Gasteiger partial charge >= 0.3 is 0 Å². The van der Waals surface area contributed by atoms with Crippen LogP contribution < -0.4 is 5.32 Å². The molecular weight excluding hydrogens is 280 g/mol. The van der Waals surface area contributed by atoms with Crippen LogP contribution in [0.5, 0.6) is 0 Å². The maximum Gasteiger partial charge on any atom is 0.291 e. The normalized spacial score (nSPS) is 12.3. The number of aromatic nitrogens is 5. The van der Waals surface area contributed by atoms with Crippen molar-refractivity contribution in [2.24, 2.45) is 0 Å². The minimum absolute atomic E-state index is 0.101. The van der Waals surface area contributed by atoms with Crippen LogP contribution in [0, 0.1) is 13.8 Å².